The molecule has 10 rings (SSSR count). The van der Waals surface area contributed by atoms with Crippen LogP contribution in [0, 0.1) is 0 Å². The summed E-state index contributed by atoms with van der Waals surface area (Å²) in [6.07, 6.45) is 0. The molecule has 0 unspecified atom stereocenters. The third-order valence-corrected chi connectivity index (χ3v) is 9.87. The van der Waals surface area contributed by atoms with Crippen LogP contribution in [0.2, 0.25) is 0 Å². The third kappa shape index (κ3) is 5.00. The highest BCUT2D eigenvalue weighted by atomic mass is 16.3. The lowest BCUT2D eigenvalue weighted by Crippen LogP contribution is -2.10. The molecule has 0 amide bonds. The number of para-hydroxylation sites is 3. The van der Waals surface area contributed by atoms with Gasteiger partial charge in [0.25, 0.3) is 0 Å². The molecule has 0 fully saturated rings. The molecule has 0 spiro atoms. The highest BCUT2D eigenvalue weighted by molar-refractivity contribution is 6.14. The Labute approximate surface area is 300 Å². The van der Waals surface area contributed by atoms with Gasteiger partial charge in [-0.05, 0) is 71.1 Å². The molecule has 0 radical (unpaired) electrons. The van der Waals surface area contributed by atoms with Crippen LogP contribution in [0.1, 0.15) is 0 Å². The Morgan fingerprint density at radius 3 is 1.81 bits per heavy atom. The van der Waals surface area contributed by atoms with E-state index in [1.54, 1.807) is 0 Å². The molecule has 2 heterocycles. The number of hydrogen-bond donors (Lipinski definition) is 0. The summed E-state index contributed by atoms with van der Waals surface area (Å²) in [6.45, 7) is 0. The fraction of sp³-hybridized carbons (Fsp3) is 0. The summed E-state index contributed by atoms with van der Waals surface area (Å²) in [6, 6.07) is 65.5. The maximum absolute atomic E-state index is 6.61. The lowest BCUT2D eigenvalue weighted by Gasteiger charge is -2.27. The molecule has 0 saturated heterocycles. The molecule has 8 aromatic carbocycles. The zero-order valence-corrected chi connectivity index (χ0v) is 28.1. The van der Waals surface area contributed by atoms with Crippen molar-refractivity contribution in [1.82, 2.24) is 9.97 Å². The van der Waals surface area contributed by atoms with Crippen LogP contribution in [0.3, 0.4) is 0 Å². The Morgan fingerprint density at radius 1 is 0.404 bits per heavy atom. The van der Waals surface area contributed by atoms with Crippen molar-refractivity contribution in [2.75, 3.05) is 4.90 Å². The van der Waals surface area contributed by atoms with Gasteiger partial charge in [0.2, 0.25) is 0 Å². The van der Waals surface area contributed by atoms with Crippen molar-refractivity contribution in [3.63, 3.8) is 0 Å². The summed E-state index contributed by atoms with van der Waals surface area (Å²) in [5.74, 6) is 0.679. The molecule has 0 aliphatic carbocycles. The first-order chi connectivity index (χ1) is 25.8. The molecule has 4 heteroatoms. The van der Waals surface area contributed by atoms with E-state index in [4.69, 9.17) is 14.4 Å². The Balaban J connectivity index is 1.12. The van der Waals surface area contributed by atoms with Gasteiger partial charge in [0.1, 0.15) is 11.2 Å². The van der Waals surface area contributed by atoms with E-state index in [1.807, 2.05) is 42.5 Å². The number of furan rings is 1. The van der Waals surface area contributed by atoms with E-state index >= 15 is 0 Å². The van der Waals surface area contributed by atoms with E-state index in [0.29, 0.717) is 5.82 Å². The van der Waals surface area contributed by atoms with Crippen molar-refractivity contribution in [3.05, 3.63) is 188 Å². The van der Waals surface area contributed by atoms with E-state index in [-0.39, 0.29) is 0 Å². The number of rotatable bonds is 6. The molecule has 0 saturated carbocycles. The standard InChI is InChI=1S/C48H31N3O/c1-4-15-32(16-5-1)47-39-23-12-13-25-42(39)49-48(50-47)41-24-14-26-44-46(41)40-28-27-33(31-45(40)52-44)36-29-30-43(38-22-11-10-21-37(36)38)51(34-17-6-2-7-18-34)35-19-8-3-9-20-35/h1-31H. The second kappa shape index (κ2) is 12.4. The van der Waals surface area contributed by atoms with Crippen molar-refractivity contribution < 1.29 is 4.42 Å². The summed E-state index contributed by atoms with van der Waals surface area (Å²) in [7, 11) is 0. The monoisotopic (exact) mass is 665 g/mol. The maximum atomic E-state index is 6.61. The smallest absolute Gasteiger partial charge is 0.161 e. The first-order valence-corrected chi connectivity index (χ1v) is 17.5. The molecule has 0 atom stereocenters. The molecular formula is C48H31N3O. The molecule has 0 aliphatic heterocycles. The SMILES string of the molecule is c1ccc(-c2nc(-c3cccc4oc5cc(-c6ccc(N(c7ccccc7)c7ccccc7)c7ccccc67)ccc5c34)nc3ccccc23)cc1. The van der Waals surface area contributed by atoms with Crippen molar-refractivity contribution >= 4 is 60.7 Å². The zero-order valence-electron chi connectivity index (χ0n) is 28.1. The minimum absolute atomic E-state index is 0.679. The molecule has 52 heavy (non-hydrogen) atoms. The first-order valence-electron chi connectivity index (χ1n) is 17.5. The summed E-state index contributed by atoms with van der Waals surface area (Å²) in [5.41, 5.74) is 11.0. The van der Waals surface area contributed by atoms with Crippen molar-refractivity contribution in [2.24, 2.45) is 0 Å². The summed E-state index contributed by atoms with van der Waals surface area (Å²) < 4.78 is 6.61. The molecule has 244 valence electrons. The van der Waals surface area contributed by atoms with Gasteiger partial charge in [-0.25, -0.2) is 9.97 Å². The van der Waals surface area contributed by atoms with Gasteiger partial charge in [0.05, 0.1) is 16.9 Å². The van der Waals surface area contributed by atoms with Crippen molar-refractivity contribution in [1.29, 1.82) is 0 Å². The van der Waals surface area contributed by atoms with E-state index < -0.39 is 0 Å². The Morgan fingerprint density at radius 2 is 1.06 bits per heavy atom. The molecule has 0 bridgehead atoms. The highest BCUT2D eigenvalue weighted by Gasteiger charge is 2.20. The van der Waals surface area contributed by atoms with E-state index in [0.717, 1.165) is 77.9 Å². The highest BCUT2D eigenvalue weighted by Crippen LogP contribution is 2.43. The van der Waals surface area contributed by atoms with Crippen LogP contribution < -0.4 is 4.90 Å². The van der Waals surface area contributed by atoms with Gasteiger partial charge in [-0.15, -0.1) is 0 Å². The number of fused-ring (bicyclic) bond motifs is 5. The normalized spacial score (nSPS) is 11.5. The van der Waals surface area contributed by atoms with Crippen LogP contribution in [0.25, 0.3) is 77.4 Å². The fourth-order valence-electron chi connectivity index (χ4n) is 7.50. The molecule has 0 aliphatic rings. The molecule has 4 nitrogen and oxygen atoms in total. The average molecular weight is 666 g/mol. The lowest BCUT2D eigenvalue weighted by molar-refractivity contribution is 0.669. The minimum atomic E-state index is 0.679. The van der Waals surface area contributed by atoms with Crippen LogP contribution in [-0.4, -0.2) is 9.97 Å². The number of benzene rings is 8. The zero-order chi connectivity index (χ0) is 34.4. The summed E-state index contributed by atoms with van der Waals surface area (Å²) in [5, 5.41) is 5.42. The second-order valence-electron chi connectivity index (χ2n) is 13.0. The number of aromatic nitrogens is 2. The fourth-order valence-corrected chi connectivity index (χ4v) is 7.50. The van der Waals surface area contributed by atoms with Gasteiger partial charge >= 0.3 is 0 Å². The Hall–Kier alpha value is -7.04. The summed E-state index contributed by atoms with van der Waals surface area (Å²) in [4.78, 5) is 12.6. The van der Waals surface area contributed by atoms with Gasteiger partial charge in [-0.1, -0.05) is 133 Å². The van der Waals surface area contributed by atoms with E-state index in [1.165, 1.54) is 10.8 Å². The van der Waals surface area contributed by atoms with Crippen LogP contribution in [-0.2, 0) is 0 Å². The lowest BCUT2D eigenvalue weighted by atomic mass is 9.95. The number of hydrogen-bond acceptors (Lipinski definition) is 4. The van der Waals surface area contributed by atoms with Gasteiger partial charge in [0.15, 0.2) is 5.82 Å². The van der Waals surface area contributed by atoms with E-state index in [2.05, 4.69) is 150 Å². The topological polar surface area (TPSA) is 42.2 Å². The van der Waals surface area contributed by atoms with E-state index in [9.17, 15) is 0 Å². The molecule has 0 N–H and O–H groups in total. The van der Waals surface area contributed by atoms with Crippen LogP contribution in [0.4, 0.5) is 17.1 Å². The van der Waals surface area contributed by atoms with Gasteiger partial charge < -0.3 is 9.32 Å². The Kier molecular flexibility index (Phi) is 7.10. The third-order valence-electron chi connectivity index (χ3n) is 9.87. The van der Waals surface area contributed by atoms with Gasteiger partial charge in [-0.3, -0.25) is 0 Å². The predicted molar refractivity (Wildman–Crippen MR) is 215 cm³/mol. The minimum Gasteiger partial charge on any atom is -0.456 e. The van der Waals surface area contributed by atoms with Crippen molar-refractivity contribution in [3.8, 4) is 33.8 Å². The summed E-state index contributed by atoms with van der Waals surface area (Å²) >= 11 is 0. The number of nitrogens with zero attached hydrogens (tertiary/aromatic N) is 3. The van der Waals surface area contributed by atoms with Crippen molar-refractivity contribution in [2.45, 2.75) is 0 Å². The number of anilines is 3. The molecular weight excluding hydrogens is 635 g/mol. The largest absolute Gasteiger partial charge is 0.456 e. The van der Waals surface area contributed by atoms with Crippen LogP contribution in [0.5, 0.6) is 0 Å². The van der Waals surface area contributed by atoms with Gasteiger partial charge in [-0.2, -0.15) is 0 Å². The Bertz CT molecular complexity index is 2860. The predicted octanol–water partition coefficient (Wildman–Crippen LogP) is 13.2. The molecule has 2 aromatic heterocycles. The average Bonchev–Trinajstić information content (AvgIpc) is 3.60. The quantitative estimate of drug-likeness (QED) is 0.177. The maximum Gasteiger partial charge on any atom is 0.161 e. The second-order valence-corrected chi connectivity index (χ2v) is 13.0. The van der Waals surface area contributed by atoms with Crippen LogP contribution >= 0.6 is 0 Å². The van der Waals surface area contributed by atoms with Crippen LogP contribution in [0.15, 0.2) is 192 Å². The first kappa shape index (κ1) is 29.8. The van der Waals surface area contributed by atoms with Gasteiger partial charge in [0, 0.05) is 44.0 Å². The molecule has 10 aromatic rings.